The number of carbonyl (C=O) groups excluding carboxylic acids is 1. The molecule has 0 bridgehead atoms. The summed E-state index contributed by atoms with van der Waals surface area (Å²) in [5, 5.41) is 0.0916. The molecule has 0 spiro atoms. The van der Waals surface area contributed by atoms with Gasteiger partial charge in [0.15, 0.2) is 5.43 Å². The van der Waals surface area contributed by atoms with E-state index in [9.17, 15) is 14.0 Å². The lowest BCUT2D eigenvalue weighted by Gasteiger charge is -2.24. The van der Waals surface area contributed by atoms with Crippen molar-refractivity contribution >= 4 is 22.7 Å². The molecule has 2 aromatic carbocycles. The number of unbranched alkanes of at least 4 members (excludes halogenated alkanes) is 1. The summed E-state index contributed by atoms with van der Waals surface area (Å²) in [5.41, 5.74) is 0.586. The number of halogens is 1. The summed E-state index contributed by atoms with van der Waals surface area (Å²) < 4.78 is 25.5. The van der Waals surface area contributed by atoms with Gasteiger partial charge in [0.1, 0.15) is 23.0 Å². The molecule has 1 unspecified atom stereocenters. The van der Waals surface area contributed by atoms with Gasteiger partial charge < -0.3 is 9.15 Å². The third-order valence-corrected chi connectivity index (χ3v) is 5.69. The van der Waals surface area contributed by atoms with E-state index in [2.05, 4.69) is 11.9 Å². The smallest absolute Gasteiger partial charge is 0.296 e. The molecule has 0 fully saturated rings. The first-order valence-electron chi connectivity index (χ1n) is 10.8. The van der Waals surface area contributed by atoms with E-state index < -0.39 is 23.2 Å². The molecule has 3 heterocycles. The summed E-state index contributed by atoms with van der Waals surface area (Å²) in [7, 11) is 0. The molecule has 0 saturated heterocycles. The van der Waals surface area contributed by atoms with Crippen LogP contribution in [0.2, 0.25) is 0 Å². The Morgan fingerprint density at radius 1 is 1.09 bits per heavy atom. The van der Waals surface area contributed by atoms with Crippen LogP contribution in [0.5, 0.6) is 5.75 Å². The Hall–Kier alpha value is -4.00. The number of nitrogens with zero attached hydrogens (tertiary/aromatic N) is 2. The topological polar surface area (TPSA) is 72.6 Å². The molecule has 0 aliphatic carbocycles. The van der Waals surface area contributed by atoms with Crippen LogP contribution >= 0.6 is 0 Å². The zero-order chi connectivity index (χ0) is 22.9. The van der Waals surface area contributed by atoms with Gasteiger partial charge in [-0.05, 0) is 54.4 Å². The third kappa shape index (κ3) is 3.65. The molecule has 1 atom stereocenters. The first-order valence-corrected chi connectivity index (χ1v) is 10.8. The summed E-state index contributed by atoms with van der Waals surface area (Å²) in [6, 6.07) is 15.4. The first kappa shape index (κ1) is 20.9. The van der Waals surface area contributed by atoms with E-state index in [4.69, 9.17) is 9.15 Å². The number of pyridine rings is 1. The van der Waals surface area contributed by atoms with Crippen molar-refractivity contribution in [2.75, 3.05) is 11.5 Å². The SMILES string of the molecule is CCCCOc1ccc(C2c3c(oc4ccc(F)cc4c3=O)C(=O)N2c2ccccn2)cc1. The molecular weight excluding hydrogens is 423 g/mol. The molecule has 7 heteroatoms. The largest absolute Gasteiger partial charge is 0.494 e. The van der Waals surface area contributed by atoms with Gasteiger partial charge in [0, 0.05) is 6.20 Å². The minimum Gasteiger partial charge on any atom is -0.494 e. The molecule has 1 aliphatic heterocycles. The third-order valence-electron chi connectivity index (χ3n) is 5.69. The molecule has 4 aromatic rings. The number of carbonyl (C=O) groups is 1. The first-order chi connectivity index (χ1) is 16.1. The molecule has 0 saturated carbocycles. The average molecular weight is 444 g/mol. The summed E-state index contributed by atoms with van der Waals surface area (Å²) in [6.07, 6.45) is 3.56. The fourth-order valence-corrected chi connectivity index (χ4v) is 4.07. The standard InChI is InChI=1S/C26H21FN2O4/c1-2-3-14-32-18-10-7-16(8-11-18)23-22-24(30)19-15-17(27)9-12-20(19)33-25(22)26(31)29(23)21-6-4-5-13-28-21/h4-13,15,23H,2-3,14H2,1H3. The lowest BCUT2D eigenvalue weighted by atomic mass is 9.98. The van der Waals surface area contributed by atoms with Gasteiger partial charge in [-0.3, -0.25) is 14.5 Å². The highest BCUT2D eigenvalue weighted by atomic mass is 19.1. The number of anilines is 1. The molecule has 1 amide bonds. The van der Waals surface area contributed by atoms with Crippen molar-refractivity contribution in [3.8, 4) is 5.75 Å². The Morgan fingerprint density at radius 2 is 1.91 bits per heavy atom. The second kappa shape index (κ2) is 8.50. The van der Waals surface area contributed by atoms with Crippen molar-refractivity contribution in [1.82, 2.24) is 4.98 Å². The van der Waals surface area contributed by atoms with Gasteiger partial charge in [-0.25, -0.2) is 9.37 Å². The number of hydrogen-bond donors (Lipinski definition) is 0. The fourth-order valence-electron chi connectivity index (χ4n) is 4.07. The Bertz CT molecular complexity index is 1380. The van der Waals surface area contributed by atoms with Crippen LogP contribution in [0.4, 0.5) is 10.2 Å². The second-order valence-corrected chi connectivity index (χ2v) is 7.85. The Kier molecular flexibility index (Phi) is 5.38. The maximum Gasteiger partial charge on any atom is 0.296 e. The zero-order valence-corrected chi connectivity index (χ0v) is 18.0. The number of benzene rings is 2. The van der Waals surface area contributed by atoms with Gasteiger partial charge in [-0.1, -0.05) is 31.5 Å². The molecule has 33 heavy (non-hydrogen) atoms. The van der Waals surface area contributed by atoms with Gasteiger partial charge in [0.25, 0.3) is 5.91 Å². The van der Waals surface area contributed by atoms with Crippen LogP contribution in [0.25, 0.3) is 11.0 Å². The number of rotatable bonds is 6. The minimum absolute atomic E-state index is 0.0574. The molecule has 1 aliphatic rings. The van der Waals surface area contributed by atoms with Crippen molar-refractivity contribution in [1.29, 1.82) is 0 Å². The monoisotopic (exact) mass is 444 g/mol. The van der Waals surface area contributed by atoms with Crippen molar-refractivity contribution in [2.45, 2.75) is 25.8 Å². The van der Waals surface area contributed by atoms with Crippen molar-refractivity contribution < 1.29 is 18.3 Å². The van der Waals surface area contributed by atoms with Gasteiger partial charge in [-0.2, -0.15) is 0 Å². The van der Waals surface area contributed by atoms with E-state index in [0.717, 1.165) is 18.9 Å². The number of ether oxygens (including phenoxy) is 1. The van der Waals surface area contributed by atoms with E-state index in [1.807, 2.05) is 24.3 Å². The van der Waals surface area contributed by atoms with E-state index >= 15 is 0 Å². The normalized spacial score (nSPS) is 15.2. The molecular formula is C26H21FN2O4. The summed E-state index contributed by atoms with van der Waals surface area (Å²) in [6.45, 7) is 2.70. The molecule has 166 valence electrons. The predicted molar refractivity (Wildman–Crippen MR) is 122 cm³/mol. The van der Waals surface area contributed by atoms with Crippen LogP contribution in [0.3, 0.4) is 0 Å². The van der Waals surface area contributed by atoms with Crippen molar-refractivity contribution in [3.05, 3.63) is 99.8 Å². The Balaban J connectivity index is 1.67. The van der Waals surface area contributed by atoms with Crippen LogP contribution in [0.1, 0.15) is 47.5 Å². The Morgan fingerprint density at radius 3 is 2.64 bits per heavy atom. The number of fused-ring (bicyclic) bond motifs is 2. The van der Waals surface area contributed by atoms with Crippen molar-refractivity contribution in [2.24, 2.45) is 0 Å². The second-order valence-electron chi connectivity index (χ2n) is 7.85. The fraction of sp³-hybridized carbons (Fsp3) is 0.192. The van der Waals surface area contributed by atoms with Crippen LogP contribution in [-0.2, 0) is 0 Å². The molecule has 5 rings (SSSR count). The maximum absolute atomic E-state index is 13.9. The summed E-state index contributed by atoms with van der Waals surface area (Å²) >= 11 is 0. The zero-order valence-electron chi connectivity index (χ0n) is 18.0. The highest BCUT2D eigenvalue weighted by Gasteiger charge is 2.44. The van der Waals surface area contributed by atoms with Crippen molar-refractivity contribution in [3.63, 3.8) is 0 Å². The molecule has 6 nitrogen and oxygen atoms in total. The highest BCUT2D eigenvalue weighted by Crippen LogP contribution is 2.40. The van der Waals surface area contributed by atoms with E-state index in [1.54, 1.807) is 24.4 Å². The molecule has 0 radical (unpaired) electrons. The predicted octanol–water partition coefficient (Wildman–Crippen LogP) is 5.26. The van der Waals surface area contributed by atoms with E-state index in [1.165, 1.54) is 17.0 Å². The van der Waals surface area contributed by atoms with Crippen LogP contribution < -0.4 is 15.1 Å². The average Bonchev–Trinajstić information content (AvgIpc) is 3.13. The van der Waals surface area contributed by atoms with Gasteiger partial charge in [0.2, 0.25) is 5.76 Å². The van der Waals surface area contributed by atoms with Gasteiger partial charge in [-0.15, -0.1) is 0 Å². The number of aromatic nitrogens is 1. The molecule has 0 N–H and O–H groups in total. The van der Waals surface area contributed by atoms with Gasteiger partial charge in [0.05, 0.1) is 23.6 Å². The Labute approximate surface area is 189 Å². The summed E-state index contributed by atoms with van der Waals surface area (Å²) in [4.78, 5) is 32.7. The number of amides is 1. The number of hydrogen-bond acceptors (Lipinski definition) is 5. The summed E-state index contributed by atoms with van der Waals surface area (Å²) in [5.74, 6) is 0.00896. The van der Waals surface area contributed by atoms with Crippen LogP contribution in [-0.4, -0.2) is 17.5 Å². The van der Waals surface area contributed by atoms with E-state index in [-0.39, 0.29) is 22.3 Å². The highest BCUT2D eigenvalue weighted by molar-refractivity contribution is 6.10. The minimum atomic E-state index is -0.768. The quantitative estimate of drug-likeness (QED) is 0.380. The lowest BCUT2D eigenvalue weighted by molar-refractivity contribution is 0.0970. The maximum atomic E-state index is 13.9. The van der Waals surface area contributed by atoms with Gasteiger partial charge >= 0.3 is 0 Å². The van der Waals surface area contributed by atoms with Crippen LogP contribution in [0, 0.1) is 5.82 Å². The van der Waals surface area contributed by atoms with E-state index in [0.29, 0.717) is 23.7 Å². The van der Waals surface area contributed by atoms with Crippen LogP contribution in [0.15, 0.2) is 76.1 Å². The molecule has 2 aromatic heterocycles. The lowest BCUT2D eigenvalue weighted by Crippen LogP contribution is -2.30.